The quantitative estimate of drug-likeness (QED) is 0.600. The molecular formula is C8H8N4O. The summed E-state index contributed by atoms with van der Waals surface area (Å²) in [5.74, 6) is 0. The fourth-order valence-electron chi connectivity index (χ4n) is 1.19. The lowest BCUT2D eigenvalue weighted by atomic mass is 10.2. The summed E-state index contributed by atoms with van der Waals surface area (Å²) < 4.78 is 0. The molecule has 0 spiro atoms. The molecule has 2 heterocycles. The number of pyridine rings is 1. The van der Waals surface area contributed by atoms with Gasteiger partial charge in [-0.05, 0) is 13.0 Å². The van der Waals surface area contributed by atoms with Crippen LogP contribution < -0.4 is 11.4 Å². The van der Waals surface area contributed by atoms with Gasteiger partial charge in [0.05, 0.1) is 11.9 Å². The SMILES string of the molecule is Cc1[nH]c(=O)nc2ncc(N)cc12. The van der Waals surface area contributed by atoms with E-state index in [0.29, 0.717) is 11.3 Å². The Hall–Kier alpha value is -1.91. The van der Waals surface area contributed by atoms with Gasteiger partial charge in [0.2, 0.25) is 0 Å². The van der Waals surface area contributed by atoms with Crippen LogP contribution in [-0.4, -0.2) is 15.0 Å². The van der Waals surface area contributed by atoms with Crippen molar-refractivity contribution in [3.05, 3.63) is 28.4 Å². The van der Waals surface area contributed by atoms with Crippen LogP contribution in [0, 0.1) is 6.92 Å². The fourth-order valence-corrected chi connectivity index (χ4v) is 1.19. The van der Waals surface area contributed by atoms with Gasteiger partial charge in [0, 0.05) is 11.1 Å². The summed E-state index contributed by atoms with van der Waals surface area (Å²) >= 11 is 0. The Labute approximate surface area is 73.6 Å². The molecule has 0 aliphatic carbocycles. The molecule has 2 aromatic rings. The molecule has 5 nitrogen and oxygen atoms in total. The monoisotopic (exact) mass is 176 g/mol. The molecule has 5 heteroatoms. The predicted octanol–water partition coefficient (Wildman–Crippen LogP) is 0.209. The second-order valence-electron chi connectivity index (χ2n) is 2.81. The summed E-state index contributed by atoms with van der Waals surface area (Å²) in [5.41, 5.74) is 6.88. The highest BCUT2D eigenvalue weighted by Gasteiger charge is 2.01. The number of hydrogen-bond donors (Lipinski definition) is 2. The van der Waals surface area contributed by atoms with E-state index >= 15 is 0 Å². The molecule has 0 saturated heterocycles. The largest absolute Gasteiger partial charge is 0.397 e. The van der Waals surface area contributed by atoms with Crippen LogP contribution in [0.4, 0.5) is 5.69 Å². The molecule has 0 bridgehead atoms. The van der Waals surface area contributed by atoms with Crippen LogP contribution in [0.15, 0.2) is 17.1 Å². The predicted molar refractivity (Wildman–Crippen MR) is 49.3 cm³/mol. The average molecular weight is 176 g/mol. The number of hydrogen-bond acceptors (Lipinski definition) is 4. The third kappa shape index (κ3) is 1.24. The topological polar surface area (TPSA) is 84.7 Å². The summed E-state index contributed by atoms with van der Waals surface area (Å²) in [6, 6.07) is 1.74. The molecule has 13 heavy (non-hydrogen) atoms. The first kappa shape index (κ1) is 7.72. The van der Waals surface area contributed by atoms with Gasteiger partial charge in [-0.2, -0.15) is 4.98 Å². The number of aryl methyl sites for hydroxylation is 1. The Kier molecular flexibility index (Phi) is 1.51. The lowest BCUT2D eigenvalue weighted by Crippen LogP contribution is -2.12. The van der Waals surface area contributed by atoms with Crippen LogP contribution >= 0.6 is 0 Å². The number of nitrogens with two attached hydrogens (primary N) is 1. The van der Waals surface area contributed by atoms with E-state index in [0.717, 1.165) is 11.1 Å². The van der Waals surface area contributed by atoms with Crippen molar-refractivity contribution >= 4 is 16.7 Å². The number of aromatic nitrogens is 3. The van der Waals surface area contributed by atoms with Crippen molar-refractivity contribution in [3.8, 4) is 0 Å². The van der Waals surface area contributed by atoms with Crippen LogP contribution in [0.5, 0.6) is 0 Å². The van der Waals surface area contributed by atoms with E-state index in [1.54, 1.807) is 13.0 Å². The maximum atomic E-state index is 11.0. The Bertz CT molecular complexity index is 517. The van der Waals surface area contributed by atoms with Crippen LogP contribution in [0.2, 0.25) is 0 Å². The molecule has 0 aliphatic heterocycles. The van der Waals surface area contributed by atoms with Crippen molar-refractivity contribution in [1.82, 2.24) is 15.0 Å². The van der Waals surface area contributed by atoms with Gasteiger partial charge in [0.25, 0.3) is 0 Å². The number of rotatable bonds is 0. The number of anilines is 1. The van der Waals surface area contributed by atoms with E-state index < -0.39 is 0 Å². The number of aromatic amines is 1. The van der Waals surface area contributed by atoms with Gasteiger partial charge >= 0.3 is 5.69 Å². The van der Waals surface area contributed by atoms with Crippen LogP contribution in [-0.2, 0) is 0 Å². The minimum Gasteiger partial charge on any atom is -0.397 e. The highest BCUT2D eigenvalue weighted by molar-refractivity contribution is 5.79. The smallest absolute Gasteiger partial charge is 0.347 e. The van der Waals surface area contributed by atoms with E-state index in [1.165, 1.54) is 6.20 Å². The van der Waals surface area contributed by atoms with Gasteiger partial charge in [0.15, 0.2) is 5.65 Å². The molecular weight excluding hydrogens is 168 g/mol. The molecule has 3 N–H and O–H groups in total. The minimum absolute atomic E-state index is 0.387. The summed E-state index contributed by atoms with van der Waals surface area (Å²) in [6.07, 6.45) is 1.48. The van der Waals surface area contributed by atoms with Gasteiger partial charge in [-0.3, -0.25) is 0 Å². The lowest BCUT2D eigenvalue weighted by molar-refractivity contribution is 1.05. The fraction of sp³-hybridized carbons (Fsp3) is 0.125. The number of nitrogen functional groups attached to an aromatic ring is 1. The molecule has 0 amide bonds. The maximum absolute atomic E-state index is 11.0. The zero-order chi connectivity index (χ0) is 9.42. The van der Waals surface area contributed by atoms with Crippen LogP contribution in [0.25, 0.3) is 11.0 Å². The number of H-pyrrole nitrogens is 1. The van der Waals surface area contributed by atoms with Gasteiger partial charge in [0.1, 0.15) is 0 Å². The zero-order valence-corrected chi connectivity index (χ0v) is 7.03. The van der Waals surface area contributed by atoms with Gasteiger partial charge in [-0.25, -0.2) is 9.78 Å². The Balaban J connectivity index is 2.95. The van der Waals surface area contributed by atoms with Gasteiger partial charge in [-0.1, -0.05) is 0 Å². The van der Waals surface area contributed by atoms with E-state index in [2.05, 4.69) is 15.0 Å². The highest BCUT2D eigenvalue weighted by Crippen LogP contribution is 2.12. The molecule has 2 rings (SSSR count). The van der Waals surface area contributed by atoms with Gasteiger partial charge in [-0.15, -0.1) is 0 Å². The first-order chi connectivity index (χ1) is 6.16. The third-order valence-corrected chi connectivity index (χ3v) is 1.79. The second-order valence-corrected chi connectivity index (χ2v) is 2.81. The third-order valence-electron chi connectivity index (χ3n) is 1.79. The van der Waals surface area contributed by atoms with Crippen molar-refractivity contribution < 1.29 is 0 Å². The van der Waals surface area contributed by atoms with Crippen molar-refractivity contribution in [2.24, 2.45) is 0 Å². The minimum atomic E-state index is -0.387. The molecule has 2 aromatic heterocycles. The van der Waals surface area contributed by atoms with Crippen LogP contribution in [0.3, 0.4) is 0 Å². The first-order valence-electron chi connectivity index (χ1n) is 3.79. The Morgan fingerprint density at radius 1 is 1.54 bits per heavy atom. The number of fused-ring (bicyclic) bond motifs is 1. The Morgan fingerprint density at radius 2 is 2.31 bits per heavy atom. The second kappa shape index (κ2) is 2.55. The summed E-state index contributed by atoms with van der Waals surface area (Å²) in [5, 5.41) is 0.777. The first-order valence-corrected chi connectivity index (χ1v) is 3.79. The molecule has 0 aromatic carbocycles. The van der Waals surface area contributed by atoms with E-state index in [1.807, 2.05) is 0 Å². The normalized spacial score (nSPS) is 10.5. The zero-order valence-electron chi connectivity index (χ0n) is 7.03. The van der Waals surface area contributed by atoms with Gasteiger partial charge < -0.3 is 10.7 Å². The molecule has 0 fully saturated rings. The van der Waals surface area contributed by atoms with Crippen molar-refractivity contribution in [1.29, 1.82) is 0 Å². The molecule has 66 valence electrons. The molecule has 0 atom stereocenters. The number of nitrogens with zero attached hydrogens (tertiary/aromatic N) is 2. The van der Waals surface area contributed by atoms with Crippen molar-refractivity contribution in [2.45, 2.75) is 6.92 Å². The lowest BCUT2D eigenvalue weighted by Gasteiger charge is -1.99. The molecule has 0 radical (unpaired) electrons. The van der Waals surface area contributed by atoms with Crippen molar-refractivity contribution in [2.75, 3.05) is 5.73 Å². The average Bonchev–Trinajstić information content (AvgIpc) is 2.06. The molecule has 0 saturated carbocycles. The standard InChI is InChI=1S/C8H8N4O/c1-4-6-2-5(9)3-10-7(6)12-8(13)11-4/h2-3H,9H2,1H3,(H,10,11,12,13). The van der Waals surface area contributed by atoms with E-state index in [-0.39, 0.29) is 5.69 Å². The van der Waals surface area contributed by atoms with E-state index in [4.69, 9.17) is 5.73 Å². The summed E-state index contributed by atoms with van der Waals surface area (Å²) in [6.45, 7) is 1.78. The molecule has 0 aliphatic rings. The molecule has 0 unspecified atom stereocenters. The Morgan fingerprint density at radius 3 is 3.08 bits per heavy atom. The maximum Gasteiger partial charge on any atom is 0.347 e. The van der Waals surface area contributed by atoms with Crippen molar-refractivity contribution in [3.63, 3.8) is 0 Å². The summed E-state index contributed by atoms with van der Waals surface area (Å²) in [7, 11) is 0. The summed E-state index contributed by atoms with van der Waals surface area (Å²) in [4.78, 5) is 21.2. The highest BCUT2D eigenvalue weighted by atomic mass is 16.1. The van der Waals surface area contributed by atoms with Crippen LogP contribution in [0.1, 0.15) is 5.69 Å². The number of nitrogens with one attached hydrogen (secondary N) is 1. The van der Waals surface area contributed by atoms with E-state index in [9.17, 15) is 4.79 Å².